The molecule has 0 atom stereocenters. The summed E-state index contributed by atoms with van der Waals surface area (Å²) in [6.07, 6.45) is 0.921. The van der Waals surface area contributed by atoms with Gasteiger partial charge in [0.25, 0.3) is 0 Å². The van der Waals surface area contributed by atoms with E-state index in [4.69, 9.17) is 5.73 Å². The molecule has 0 radical (unpaired) electrons. The van der Waals surface area contributed by atoms with Gasteiger partial charge in [-0.3, -0.25) is 5.10 Å². The molecule has 0 aliphatic heterocycles. The van der Waals surface area contributed by atoms with Crippen molar-refractivity contribution < 1.29 is 0 Å². The minimum atomic E-state index is 0.534. The molecule has 1 aromatic rings. The van der Waals surface area contributed by atoms with Gasteiger partial charge in [-0.1, -0.05) is 6.92 Å². The molecule has 9 heavy (non-hydrogen) atoms. The summed E-state index contributed by atoms with van der Waals surface area (Å²) >= 11 is 3.29. The van der Waals surface area contributed by atoms with Gasteiger partial charge in [0.1, 0.15) is 0 Å². The van der Waals surface area contributed by atoms with Gasteiger partial charge >= 0.3 is 0 Å². The van der Waals surface area contributed by atoms with Gasteiger partial charge in [-0.25, -0.2) is 0 Å². The van der Waals surface area contributed by atoms with E-state index in [1.54, 1.807) is 0 Å². The molecule has 0 saturated carbocycles. The highest BCUT2D eigenvalue weighted by molar-refractivity contribution is 9.10. The third-order valence-electron chi connectivity index (χ3n) is 1.15. The molecule has 0 unspecified atom stereocenters. The summed E-state index contributed by atoms with van der Waals surface area (Å²) in [6, 6.07) is 0. The Balaban J connectivity index is 3.04. The maximum Gasteiger partial charge on any atom is 0.159 e. The number of rotatable bonds is 1. The monoisotopic (exact) mass is 189 g/mol. The number of anilines is 1. The molecule has 0 amide bonds. The topological polar surface area (TPSA) is 54.7 Å². The predicted octanol–water partition coefficient (Wildman–Crippen LogP) is 1.32. The zero-order valence-corrected chi connectivity index (χ0v) is 6.70. The molecule has 0 bridgehead atoms. The molecule has 1 rings (SSSR count). The summed E-state index contributed by atoms with van der Waals surface area (Å²) in [6.45, 7) is 2.04. The quantitative estimate of drug-likeness (QED) is 0.701. The summed E-state index contributed by atoms with van der Waals surface area (Å²) in [5, 5.41) is 6.59. The van der Waals surface area contributed by atoms with E-state index >= 15 is 0 Å². The van der Waals surface area contributed by atoms with E-state index in [0.717, 1.165) is 16.6 Å². The van der Waals surface area contributed by atoms with Crippen molar-refractivity contribution in [3.63, 3.8) is 0 Å². The van der Waals surface area contributed by atoms with Crippen LogP contribution in [0, 0.1) is 0 Å². The Kier molecular flexibility index (Phi) is 1.75. The van der Waals surface area contributed by atoms with Crippen LogP contribution in [0.15, 0.2) is 4.47 Å². The molecule has 0 aliphatic carbocycles. The zero-order valence-electron chi connectivity index (χ0n) is 5.11. The van der Waals surface area contributed by atoms with E-state index in [9.17, 15) is 0 Å². The second-order valence-electron chi connectivity index (χ2n) is 1.75. The molecule has 50 valence electrons. The Hall–Kier alpha value is -0.510. The number of hydrogen-bond donors (Lipinski definition) is 2. The number of nitrogen functional groups attached to an aromatic ring is 1. The average Bonchev–Trinajstić information content (AvgIpc) is 2.15. The van der Waals surface area contributed by atoms with E-state index in [1.807, 2.05) is 6.92 Å². The number of halogens is 1. The molecule has 1 heterocycles. The lowest BCUT2D eigenvalue weighted by Crippen LogP contribution is -1.83. The van der Waals surface area contributed by atoms with Crippen molar-refractivity contribution in [3.8, 4) is 0 Å². The molecule has 1 aromatic heterocycles. The van der Waals surface area contributed by atoms with Crippen LogP contribution in [-0.2, 0) is 6.42 Å². The largest absolute Gasteiger partial charge is 0.381 e. The van der Waals surface area contributed by atoms with Crippen LogP contribution in [0.3, 0.4) is 0 Å². The van der Waals surface area contributed by atoms with Gasteiger partial charge in [0.15, 0.2) is 5.82 Å². The molecule has 0 aromatic carbocycles. The Morgan fingerprint density at radius 1 is 1.78 bits per heavy atom. The fourth-order valence-corrected chi connectivity index (χ4v) is 1.07. The average molecular weight is 190 g/mol. The molecular formula is C5H8BrN3. The molecule has 0 saturated heterocycles. The summed E-state index contributed by atoms with van der Waals surface area (Å²) in [7, 11) is 0. The summed E-state index contributed by atoms with van der Waals surface area (Å²) < 4.78 is 0.894. The van der Waals surface area contributed by atoms with Gasteiger partial charge in [0.2, 0.25) is 0 Å². The Labute approximate surface area is 61.8 Å². The Bertz CT molecular complexity index is 206. The van der Waals surface area contributed by atoms with Crippen molar-refractivity contribution in [3.05, 3.63) is 10.2 Å². The second kappa shape index (κ2) is 2.39. The van der Waals surface area contributed by atoms with Gasteiger partial charge in [-0.05, 0) is 22.4 Å². The van der Waals surface area contributed by atoms with Crippen LogP contribution in [0.5, 0.6) is 0 Å². The molecule has 3 N–H and O–H groups in total. The lowest BCUT2D eigenvalue weighted by Gasteiger charge is -1.87. The molecule has 0 spiro atoms. The number of nitrogens with zero attached hydrogens (tertiary/aromatic N) is 1. The maximum absolute atomic E-state index is 5.43. The van der Waals surface area contributed by atoms with Crippen molar-refractivity contribution in [2.75, 3.05) is 5.73 Å². The number of aryl methyl sites for hydroxylation is 1. The van der Waals surface area contributed by atoms with Gasteiger partial charge in [0, 0.05) is 0 Å². The van der Waals surface area contributed by atoms with Crippen molar-refractivity contribution in [1.29, 1.82) is 0 Å². The fourth-order valence-electron chi connectivity index (χ4n) is 0.615. The maximum atomic E-state index is 5.43. The van der Waals surface area contributed by atoms with Gasteiger partial charge in [0.05, 0.1) is 10.2 Å². The first-order chi connectivity index (χ1) is 4.25. The van der Waals surface area contributed by atoms with Gasteiger partial charge < -0.3 is 5.73 Å². The van der Waals surface area contributed by atoms with Gasteiger partial charge in [-0.15, -0.1) is 0 Å². The third kappa shape index (κ3) is 1.08. The number of nitrogens with two attached hydrogens (primary N) is 1. The highest BCUT2D eigenvalue weighted by Crippen LogP contribution is 2.20. The van der Waals surface area contributed by atoms with E-state index in [-0.39, 0.29) is 0 Å². The lowest BCUT2D eigenvalue weighted by atomic mass is 10.3. The standard InChI is InChI=1S/C5H8BrN3/c1-2-3-4(6)5(7)9-8-3/h2H2,1H3,(H3,7,8,9). The van der Waals surface area contributed by atoms with Crippen LogP contribution in [0.1, 0.15) is 12.6 Å². The first-order valence-electron chi connectivity index (χ1n) is 2.74. The molecule has 3 nitrogen and oxygen atoms in total. The lowest BCUT2D eigenvalue weighted by molar-refractivity contribution is 0.974. The number of aromatic nitrogens is 2. The second-order valence-corrected chi connectivity index (χ2v) is 2.55. The molecule has 0 fully saturated rings. The Morgan fingerprint density at radius 3 is 2.67 bits per heavy atom. The number of aromatic amines is 1. The van der Waals surface area contributed by atoms with E-state index < -0.39 is 0 Å². The van der Waals surface area contributed by atoms with E-state index in [1.165, 1.54) is 0 Å². The minimum absolute atomic E-state index is 0.534. The van der Waals surface area contributed by atoms with E-state index in [0.29, 0.717) is 5.82 Å². The minimum Gasteiger partial charge on any atom is -0.381 e. The highest BCUT2D eigenvalue weighted by atomic mass is 79.9. The summed E-state index contributed by atoms with van der Waals surface area (Å²) in [4.78, 5) is 0. The Morgan fingerprint density at radius 2 is 2.44 bits per heavy atom. The number of nitrogens with one attached hydrogen (secondary N) is 1. The van der Waals surface area contributed by atoms with Crippen LogP contribution < -0.4 is 5.73 Å². The number of hydrogen-bond acceptors (Lipinski definition) is 2. The first kappa shape index (κ1) is 6.61. The first-order valence-corrected chi connectivity index (χ1v) is 3.53. The van der Waals surface area contributed by atoms with Crippen molar-refractivity contribution >= 4 is 21.7 Å². The van der Waals surface area contributed by atoms with Gasteiger partial charge in [-0.2, -0.15) is 5.10 Å². The van der Waals surface area contributed by atoms with Crippen molar-refractivity contribution in [2.45, 2.75) is 13.3 Å². The van der Waals surface area contributed by atoms with Crippen LogP contribution in [-0.4, -0.2) is 10.2 Å². The normalized spacial score (nSPS) is 10.0. The SMILES string of the molecule is CCc1[nH]nc(N)c1Br. The predicted molar refractivity (Wildman–Crippen MR) is 40.1 cm³/mol. The number of H-pyrrole nitrogens is 1. The van der Waals surface area contributed by atoms with Crippen LogP contribution >= 0.6 is 15.9 Å². The molecule has 0 aliphatic rings. The smallest absolute Gasteiger partial charge is 0.159 e. The highest BCUT2D eigenvalue weighted by Gasteiger charge is 2.03. The molecule has 4 heteroatoms. The molecular weight excluding hydrogens is 182 g/mol. The summed E-state index contributed by atoms with van der Waals surface area (Å²) in [5.41, 5.74) is 6.48. The van der Waals surface area contributed by atoms with Crippen molar-refractivity contribution in [2.24, 2.45) is 0 Å². The summed E-state index contributed by atoms with van der Waals surface area (Å²) in [5.74, 6) is 0.534. The third-order valence-corrected chi connectivity index (χ3v) is 2.04. The van der Waals surface area contributed by atoms with Crippen LogP contribution in [0.25, 0.3) is 0 Å². The fraction of sp³-hybridized carbons (Fsp3) is 0.400. The van der Waals surface area contributed by atoms with Crippen molar-refractivity contribution in [1.82, 2.24) is 10.2 Å². The zero-order chi connectivity index (χ0) is 6.85. The van der Waals surface area contributed by atoms with Crippen LogP contribution in [0.4, 0.5) is 5.82 Å². The van der Waals surface area contributed by atoms with Crippen LogP contribution in [0.2, 0.25) is 0 Å². The van der Waals surface area contributed by atoms with E-state index in [2.05, 4.69) is 26.1 Å².